The van der Waals surface area contributed by atoms with Gasteiger partial charge in [-0.15, -0.1) is 0 Å². The number of nitro groups is 1. The zero-order valence-electron chi connectivity index (χ0n) is 16.1. The average molecular weight is 427 g/mol. The van der Waals surface area contributed by atoms with Gasteiger partial charge < -0.3 is 10.4 Å². The van der Waals surface area contributed by atoms with Gasteiger partial charge in [-0.05, 0) is 36.8 Å². The number of sulfonamides is 1. The molecule has 0 heterocycles. The molecule has 0 saturated heterocycles. The largest absolute Gasteiger partial charge is 0.387 e. The van der Waals surface area contributed by atoms with Crippen molar-refractivity contribution in [2.45, 2.75) is 17.9 Å². The van der Waals surface area contributed by atoms with Gasteiger partial charge in [0, 0.05) is 18.3 Å². The van der Waals surface area contributed by atoms with Gasteiger partial charge >= 0.3 is 0 Å². The van der Waals surface area contributed by atoms with Crippen LogP contribution >= 0.6 is 0 Å². The maximum absolute atomic E-state index is 12.6. The predicted octanol–water partition coefficient (Wildman–Crippen LogP) is 3.85. The summed E-state index contributed by atoms with van der Waals surface area (Å²) in [6, 6.07) is 19.1. The van der Waals surface area contributed by atoms with E-state index < -0.39 is 26.7 Å². The van der Waals surface area contributed by atoms with Crippen LogP contribution < -0.4 is 10.0 Å². The lowest BCUT2D eigenvalue weighted by molar-refractivity contribution is -0.384. The van der Waals surface area contributed by atoms with E-state index in [1.807, 2.05) is 25.1 Å². The van der Waals surface area contributed by atoms with Crippen LogP contribution in [0.5, 0.6) is 0 Å². The van der Waals surface area contributed by atoms with Crippen molar-refractivity contribution >= 4 is 27.1 Å². The monoisotopic (exact) mass is 427 g/mol. The topological polar surface area (TPSA) is 122 Å². The highest BCUT2D eigenvalue weighted by Gasteiger charge is 2.22. The van der Waals surface area contributed by atoms with Crippen LogP contribution in [-0.4, -0.2) is 25.0 Å². The molecule has 3 rings (SSSR count). The first-order chi connectivity index (χ1) is 14.3. The number of rotatable bonds is 8. The van der Waals surface area contributed by atoms with Crippen LogP contribution in [0.4, 0.5) is 17.1 Å². The van der Waals surface area contributed by atoms with Crippen LogP contribution in [0.3, 0.4) is 0 Å². The molecule has 9 heteroatoms. The van der Waals surface area contributed by atoms with Crippen LogP contribution in [0.2, 0.25) is 0 Å². The number of nitrogens with zero attached hydrogens (tertiary/aromatic N) is 1. The van der Waals surface area contributed by atoms with Gasteiger partial charge in [-0.3, -0.25) is 14.8 Å². The summed E-state index contributed by atoms with van der Waals surface area (Å²) in [7, 11) is -4.00. The molecule has 0 spiro atoms. The van der Waals surface area contributed by atoms with E-state index in [2.05, 4.69) is 10.0 Å². The molecule has 0 aliphatic heterocycles. The number of benzene rings is 3. The molecule has 3 aromatic carbocycles. The Morgan fingerprint density at radius 2 is 1.77 bits per heavy atom. The van der Waals surface area contributed by atoms with E-state index in [9.17, 15) is 23.6 Å². The van der Waals surface area contributed by atoms with E-state index in [-0.39, 0.29) is 17.1 Å². The summed E-state index contributed by atoms with van der Waals surface area (Å²) in [6.45, 7) is 1.93. The summed E-state index contributed by atoms with van der Waals surface area (Å²) < 4.78 is 27.5. The van der Waals surface area contributed by atoms with Crippen molar-refractivity contribution in [2.75, 3.05) is 16.6 Å². The number of nitro benzene ring substituents is 1. The van der Waals surface area contributed by atoms with E-state index in [0.29, 0.717) is 11.3 Å². The van der Waals surface area contributed by atoms with E-state index in [1.54, 1.807) is 36.4 Å². The van der Waals surface area contributed by atoms with Crippen LogP contribution in [0, 0.1) is 17.0 Å². The van der Waals surface area contributed by atoms with Gasteiger partial charge in [0.25, 0.3) is 15.7 Å². The molecule has 30 heavy (non-hydrogen) atoms. The second-order valence-corrected chi connectivity index (χ2v) is 8.40. The van der Waals surface area contributed by atoms with Crippen molar-refractivity contribution < 1.29 is 18.4 Å². The number of anilines is 2. The number of aliphatic hydroxyl groups excluding tert-OH is 1. The first kappa shape index (κ1) is 21.3. The first-order valence-corrected chi connectivity index (χ1v) is 10.6. The molecule has 156 valence electrons. The second-order valence-electron chi connectivity index (χ2n) is 6.72. The average Bonchev–Trinajstić information content (AvgIpc) is 2.72. The van der Waals surface area contributed by atoms with Crippen molar-refractivity contribution in [1.29, 1.82) is 0 Å². The number of para-hydroxylation sites is 1. The SMILES string of the molecule is Cc1cccc(C(O)CNc2ccc(S(=O)(=O)Nc3ccccc3)cc2[N+](=O)[O-])c1. The molecular formula is C21H21N3O5S. The zero-order chi connectivity index (χ0) is 21.7. The second kappa shape index (κ2) is 8.93. The quantitative estimate of drug-likeness (QED) is 0.371. The molecule has 0 radical (unpaired) electrons. The third kappa shape index (κ3) is 5.13. The Balaban J connectivity index is 1.80. The fourth-order valence-corrected chi connectivity index (χ4v) is 3.98. The molecule has 0 amide bonds. The van der Waals surface area contributed by atoms with Gasteiger partial charge in [0.2, 0.25) is 0 Å². The summed E-state index contributed by atoms with van der Waals surface area (Å²) in [5, 5.41) is 24.7. The standard InChI is InChI=1S/C21H21N3O5S/c1-15-6-5-7-16(12-15)21(25)14-22-19-11-10-18(13-20(19)24(26)27)30(28,29)23-17-8-3-2-4-9-17/h2-13,21-23,25H,14H2,1H3. The van der Waals surface area contributed by atoms with Crippen molar-refractivity contribution in [1.82, 2.24) is 0 Å². The zero-order valence-corrected chi connectivity index (χ0v) is 17.0. The minimum Gasteiger partial charge on any atom is -0.387 e. The van der Waals surface area contributed by atoms with Gasteiger partial charge in [0.05, 0.1) is 15.9 Å². The number of nitrogens with one attached hydrogen (secondary N) is 2. The van der Waals surface area contributed by atoms with Crippen molar-refractivity contribution in [3.8, 4) is 0 Å². The number of aliphatic hydroxyl groups is 1. The lowest BCUT2D eigenvalue weighted by Gasteiger charge is -2.14. The molecule has 1 unspecified atom stereocenters. The van der Waals surface area contributed by atoms with Crippen molar-refractivity contribution in [3.05, 3.63) is 94.0 Å². The number of hydrogen-bond donors (Lipinski definition) is 3. The van der Waals surface area contributed by atoms with Crippen molar-refractivity contribution in [3.63, 3.8) is 0 Å². The highest BCUT2D eigenvalue weighted by molar-refractivity contribution is 7.92. The van der Waals surface area contributed by atoms with E-state index >= 15 is 0 Å². The molecule has 1 atom stereocenters. The molecular weight excluding hydrogens is 406 g/mol. The summed E-state index contributed by atoms with van der Waals surface area (Å²) in [6.07, 6.45) is -0.882. The molecule has 3 N–H and O–H groups in total. The Labute approximate surface area is 174 Å². The fraction of sp³-hybridized carbons (Fsp3) is 0.143. The highest BCUT2D eigenvalue weighted by Crippen LogP contribution is 2.29. The Hall–Kier alpha value is -3.43. The third-order valence-electron chi connectivity index (χ3n) is 4.41. The predicted molar refractivity (Wildman–Crippen MR) is 115 cm³/mol. The van der Waals surface area contributed by atoms with E-state index in [1.165, 1.54) is 12.1 Å². The Kier molecular flexibility index (Phi) is 6.34. The molecule has 0 fully saturated rings. The molecule has 8 nitrogen and oxygen atoms in total. The molecule has 0 bridgehead atoms. The maximum atomic E-state index is 12.6. The van der Waals surface area contributed by atoms with Crippen LogP contribution in [0.1, 0.15) is 17.2 Å². The van der Waals surface area contributed by atoms with Gasteiger partial charge in [0.1, 0.15) is 5.69 Å². The van der Waals surface area contributed by atoms with Gasteiger partial charge in [-0.2, -0.15) is 0 Å². The van der Waals surface area contributed by atoms with Crippen LogP contribution in [-0.2, 0) is 10.0 Å². The lowest BCUT2D eigenvalue weighted by Crippen LogP contribution is -2.15. The Bertz CT molecular complexity index is 1150. The summed E-state index contributed by atoms with van der Waals surface area (Å²) in [5.74, 6) is 0. The summed E-state index contributed by atoms with van der Waals surface area (Å²) in [4.78, 5) is 10.6. The first-order valence-electron chi connectivity index (χ1n) is 9.11. The fourth-order valence-electron chi connectivity index (χ4n) is 2.90. The van der Waals surface area contributed by atoms with E-state index in [0.717, 1.165) is 11.6 Å². The molecule has 0 saturated carbocycles. The summed E-state index contributed by atoms with van der Waals surface area (Å²) >= 11 is 0. The Morgan fingerprint density at radius 3 is 2.43 bits per heavy atom. The minimum absolute atomic E-state index is 0.0264. The molecule has 0 aromatic heterocycles. The number of aryl methyl sites for hydroxylation is 1. The highest BCUT2D eigenvalue weighted by atomic mass is 32.2. The minimum atomic E-state index is -4.00. The normalized spacial score (nSPS) is 12.2. The summed E-state index contributed by atoms with van der Waals surface area (Å²) in [5.41, 5.74) is 1.73. The smallest absolute Gasteiger partial charge is 0.293 e. The maximum Gasteiger partial charge on any atom is 0.293 e. The van der Waals surface area contributed by atoms with E-state index in [4.69, 9.17) is 0 Å². The molecule has 3 aromatic rings. The van der Waals surface area contributed by atoms with Crippen LogP contribution in [0.15, 0.2) is 77.7 Å². The van der Waals surface area contributed by atoms with Crippen molar-refractivity contribution in [2.24, 2.45) is 0 Å². The third-order valence-corrected chi connectivity index (χ3v) is 5.79. The number of hydrogen-bond acceptors (Lipinski definition) is 6. The van der Waals surface area contributed by atoms with Gasteiger partial charge in [-0.1, -0.05) is 48.0 Å². The van der Waals surface area contributed by atoms with Crippen LogP contribution in [0.25, 0.3) is 0 Å². The molecule has 0 aliphatic rings. The van der Waals surface area contributed by atoms with Gasteiger partial charge in [-0.25, -0.2) is 8.42 Å². The lowest BCUT2D eigenvalue weighted by atomic mass is 10.1. The van der Waals surface area contributed by atoms with Gasteiger partial charge in [0.15, 0.2) is 0 Å². The molecule has 0 aliphatic carbocycles. The Morgan fingerprint density at radius 1 is 1.03 bits per heavy atom.